The second-order valence-electron chi connectivity index (χ2n) is 2.11. The van der Waals surface area contributed by atoms with Crippen molar-refractivity contribution in [3.05, 3.63) is 44.5 Å². The Morgan fingerprint density at radius 2 is 1.31 bits per heavy atom. The zero-order valence-corrected chi connectivity index (χ0v) is 8.77. The summed E-state index contributed by atoms with van der Waals surface area (Å²) < 4.78 is 0. The molecule has 88 valence electrons. The molecule has 9 heteroatoms. The number of hydrogen-bond acceptors (Lipinski definition) is 5. The third-order valence-corrected chi connectivity index (χ3v) is 1.28. The molecule has 0 heterocycles. The van der Waals surface area contributed by atoms with Crippen LogP contribution in [0.15, 0.2) is 24.3 Å². The topological polar surface area (TPSA) is 124 Å². The molecule has 1 rings (SSSR count). The first-order chi connectivity index (χ1) is 7.04. The molecule has 1 aromatic carbocycles. The van der Waals surface area contributed by atoms with E-state index >= 15 is 0 Å². The summed E-state index contributed by atoms with van der Waals surface area (Å²) >= 11 is 0. The molecule has 1 N–H and O–H groups in total. The normalized spacial score (nSPS) is 7.75. The van der Waals surface area contributed by atoms with Crippen LogP contribution in [0.3, 0.4) is 0 Å². The minimum atomic E-state index is -0.780. The molecular weight excluding hydrogens is 240 g/mol. The fraction of sp³-hybridized carbons (Fsp3) is 0. The summed E-state index contributed by atoms with van der Waals surface area (Å²) in [4.78, 5) is 27.3. The second-order valence-corrected chi connectivity index (χ2v) is 2.11. The smallest absolute Gasteiger partial charge is 0.346 e. The van der Waals surface area contributed by atoms with Gasteiger partial charge in [0.2, 0.25) is 0 Å². The second kappa shape index (κ2) is 8.17. The number of nitro benzene ring substituents is 2. The minimum absolute atomic E-state index is 0. The average molecular weight is 248 g/mol. The highest BCUT2D eigenvalue weighted by atomic mass is 32.1. The lowest BCUT2D eigenvalue weighted by Gasteiger charge is -1.91. The summed E-state index contributed by atoms with van der Waals surface area (Å²) in [7, 11) is 0. The third-order valence-electron chi connectivity index (χ3n) is 1.28. The van der Waals surface area contributed by atoms with Gasteiger partial charge in [0, 0.05) is 12.1 Å². The van der Waals surface area contributed by atoms with E-state index in [4.69, 9.17) is 9.90 Å². The molecule has 0 aliphatic rings. The van der Waals surface area contributed by atoms with Crippen LogP contribution in [0.1, 0.15) is 0 Å². The van der Waals surface area contributed by atoms with E-state index in [0.717, 1.165) is 12.1 Å². The van der Waals surface area contributed by atoms with E-state index in [2.05, 4.69) is 0 Å². The lowest BCUT2D eigenvalue weighted by molar-refractivity contribution is -0.422. The van der Waals surface area contributed by atoms with Crippen LogP contribution < -0.4 is 0 Å². The van der Waals surface area contributed by atoms with Gasteiger partial charge in [-0.3, -0.25) is 25.0 Å². The summed E-state index contributed by atoms with van der Waals surface area (Å²) in [6, 6.07) is 4.95. The van der Waals surface area contributed by atoms with Gasteiger partial charge in [0.15, 0.2) is 0 Å². The minimum Gasteiger partial charge on any atom is -0.483 e. The maximum atomic E-state index is 10.2. The SMILES string of the molecule is O=CO.O=[N+]([O-])c1ccccc1[N+](=O)[O-].S. The van der Waals surface area contributed by atoms with Gasteiger partial charge in [-0.1, -0.05) is 12.1 Å². The molecule has 0 aromatic heterocycles. The molecule has 16 heavy (non-hydrogen) atoms. The first kappa shape index (κ1) is 16.3. The van der Waals surface area contributed by atoms with Gasteiger partial charge in [0.05, 0.1) is 9.85 Å². The van der Waals surface area contributed by atoms with Crippen molar-refractivity contribution in [2.45, 2.75) is 0 Å². The molecule has 0 bridgehead atoms. The molecule has 0 aliphatic carbocycles. The lowest BCUT2D eigenvalue weighted by atomic mass is 10.3. The van der Waals surface area contributed by atoms with E-state index in [1.54, 1.807) is 0 Å². The van der Waals surface area contributed by atoms with Crippen LogP contribution >= 0.6 is 13.5 Å². The molecule has 0 amide bonds. The highest BCUT2D eigenvalue weighted by Crippen LogP contribution is 2.24. The van der Waals surface area contributed by atoms with Crippen molar-refractivity contribution in [3.63, 3.8) is 0 Å². The van der Waals surface area contributed by atoms with E-state index in [1.165, 1.54) is 12.1 Å². The summed E-state index contributed by atoms with van der Waals surface area (Å²) in [5, 5.41) is 27.3. The predicted molar refractivity (Wildman–Crippen MR) is 58.8 cm³/mol. The zero-order valence-electron chi connectivity index (χ0n) is 7.77. The Morgan fingerprint density at radius 1 is 1.06 bits per heavy atom. The summed E-state index contributed by atoms with van der Waals surface area (Å²) in [6.07, 6.45) is 0. The molecule has 8 nitrogen and oxygen atoms in total. The number of para-hydroxylation sites is 2. The Labute approximate surface area is 96.3 Å². The lowest BCUT2D eigenvalue weighted by Crippen LogP contribution is -1.95. The van der Waals surface area contributed by atoms with Crippen LogP contribution in [0, 0.1) is 20.2 Å². The van der Waals surface area contributed by atoms with Gasteiger partial charge in [-0.15, -0.1) is 0 Å². The van der Waals surface area contributed by atoms with Gasteiger partial charge in [-0.05, 0) is 0 Å². The molecule has 1 aromatic rings. The van der Waals surface area contributed by atoms with Crippen molar-refractivity contribution in [2.24, 2.45) is 0 Å². The fourth-order valence-electron chi connectivity index (χ4n) is 0.773. The number of nitro groups is 2. The molecule has 0 unspecified atom stereocenters. The molecule has 0 radical (unpaired) electrons. The molecule has 0 aliphatic heterocycles. The summed E-state index contributed by atoms with van der Waals surface area (Å²) in [5.41, 5.74) is -0.968. The molecule has 0 saturated carbocycles. The van der Waals surface area contributed by atoms with Crippen molar-refractivity contribution in [2.75, 3.05) is 0 Å². The van der Waals surface area contributed by atoms with Crippen LogP contribution in [0.4, 0.5) is 11.4 Å². The van der Waals surface area contributed by atoms with Crippen molar-refractivity contribution >= 4 is 31.3 Å². The van der Waals surface area contributed by atoms with Crippen molar-refractivity contribution in [1.29, 1.82) is 0 Å². The first-order valence-electron chi connectivity index (χ1n) is 3.50. The van der Waals surface area contributed by atoms with Gasteiger partial charge in [-0.25, -0.2) is 0 Å². The molecule has 0 spiro atoms. The quantitative estimate of drug-likeness (QED) is 0.478. The standard InChI is InChI=1S/C6H4N2O4.CH2O2.H2S/c9-7(10)5-3-1-2-4-6(5)8(11)12;2-1-3;/h1-4H;1H,(H,2,3);1H2. The maximum Gasteiger partial charge on any atom is 0.346 e. The van der Waals surface area contributed by atoms with Gasteiger partial charge in [-0.2, -0.15) is 13.5 Å². The molecular formula is C7H8N2O6S. The maximum absolute atomic E-state index is 10.2. The number of hydrogen-bond donors (Lipinski definition) is 1. The Bertz CT molecular complexity index is 350. The van der Waals surface area contributed by atoms with Gasteiger partial charge < -0.3 is 5.11 Å². The molecule has 0 atom stereocenters. The number of carboxylic acid groups (broad SMARTS) is 1. The van der Waals surface area contributed by atoms with Gasteiger partial charge >= 0.3 is 11.4 Å². The number of benzene rings is 1. The Morgan fingerprint density at radius 3 is 1.50 bits per heavy atom. The van der Waals surface area contributed by atoms with E-state index < -0.39 is 21.2 Å². The zero-order chi connectivity index (χ0) is 11.8. The average Bonchev–Trinajstić information content (AvgIpc) is 2.19. The highest BCUT2D eigenvalue weighted by Gasteiger charge is 2.21. The highest BCUT2D eigenvalue weighted by molar-refractivity contribution is 7.59. The third kappa shape index (κ3) is 4.91. The Balaban J connectivity index is 0. The molecule has 0 fully saturated rings. The van der Waals surface area contributed by atoms with Crippen LogP contribution in [-0.2, 0) is 4.79 Å². The Kier molecular flexibility index (Phi) is 8.31. The number of carbonyl (C=O) groups is 1. The number of nitrogens with zero attached hydrogens (tertiary/aromatic N) is 2. The van der Waals surface area contributed by atoms with Crippen LogP contribution in [0.25, 0.3) is 0 Å². The fourth-order valence-corrected chi connectivity index (χ4v) is 0.773. The van der Waals surface area contributed by atoms with Gasteiger partial charge in [0.1, 0.15) is 0 Å². The van der Waals surface area contributed by atoms with E-state index in [1.807, 2.05) is 0 Å². The van der Waals surface area contributed by atoms with Crippen LogP contribution in [0.5, 0.6) is 0 Å². The van der Waals surface area contributed by atoms with Crippen LogP contribution in [-0.4, -0.2) is 21.4 Å². The Hall–Kier alpha value is -2.16. The first-order valence-corrected chi connectivity index (χ1v) is 3.50. The van der Waals surface area contributed by atoms with E-state index in [0.29, 0.717) is 0 Å². The van der Waals surface area contributed by atoms with Crippen molar-refractivity contribution in [3.8, 4) is 0 Å². The summed E-state index contributed by atoms with van der Waals surface area (Å²) in [6.45, 7) is -0.250. The van der Waals surface area contributed by atoms with Crippen molar-refractivity contribution in [1.82, 2.24) is 0 Å². The number of rotatable bonds is 2. The molecule has 0 saturated heterocycles. The van der Waals surface area contributed by atoms with E-state index in [9.17, 15) is 20.2 Å². The van der Waals surface area contributed by atoms with Crippen molar-refractivity contribution < 1.29 is 19.7 Å². The largest absolute Gasteiger partial charge is 0.483 e. The predicted octanol–water partition coefficient (Wildman–Crippen LogP) is 1.32. The monoisotopic (exact) mass is 248 g/mol. The van der Waals surface area contributed by atoms with Crippen LogP contribution in [0.2, 0.25) is 0 Å². The summed E-state index contributed by atoms with van der Waals surface area (Å²) in [5.74, 6) is 0. The van der Waals surface area contributed by atoms with Gasteiger partial charge in [0.25, 0.3) is 6.47 Å². The van der Waals surface area contributed by atoms with E-state index in [-0.39, 0.29) is 20.0 Å².